The number of benzene rings is 3. The number of likely N-dealkylation sites (N-methyl/N-ethyl adjacent to an activating group) is 1. The first-order valence-corrected chi connectivity index (χ1v) is 14.4. The molecule has 0 aromatic heterocycles. The first-order valence-electron chi connectivity index (χ1n) is 14.4. The van der Waals surface area contributed by atoms with Crippen LogP contribution >= 0.6 is 0 Å². The van der Waals surface area contributed by atoms with Crippen molar-refractivity contribution in [3.05, 3.63) is 83.9 Å². The predicted molar refractivity (Wildman–Crippen MR) is 154 cm³/mol. The van der Waals surface area contributed by atoms with Crippen LogP contribution in [-0.2, 0) is 11.8 Å². The Morgan fingerprint density at radius 2 is 1.53 bits per heavy atom. The van der Waals surface area contributed by atoms with E-state index < -0.39 is 0 Å². The Morgan fingerprint density at radius 1 is 0.778 bits per heavy atom. The van der Waals surface area contributed by atoms with Crippen molar-refractivity contribution >= 4 is 10.8 Å². The highest BCUT2D eigenvalue weighted by atomic mass is 15.0. The molecule has 0 spiro atoms. The van der Waals surface area contributed by atoms with Crippen LogP contribution < -0.4 is 16.0 Å². The van der Waals surface area contributed by atoms with Crippen LogP contribution in [0.15, 0.2) is 72.8 Å². The number of hydrogen-bond donors (Lipinski definition) is 3. The Morgan fingerprint density at radius 3 is 2.28 bits per heavy atom. The standard InChI is InChI=1S/C33H45N3/c1-34-23-31(21-26-10-4-2-5-11-26)35-24-32(22-27-16-17-28-12-8-9-13-29(28)20-27)36-25-33(18-19-33)30-14-6-3-7-15-30/h3,6-9,12-17,20,26,31-32,34-36H,2,4-5,10-11,18-19,21-25H2,1H3/t31-,32+/m1/s1. The van der Waals surface area contributed by atoms with E-state index in [4.69, 9.17) is 0 Å². The fraction of sp³-hybridized carbons (Fsp3) is 0.515. The molecule has 2 fully saturated rings. The molecule has 2 aliphatic carbocycles. The number of fused-ring (bicyclic) bond motifs is 1. The molecule has 0 heterocycles. The maximum absolute atomic E-state index is 4.04. The quantitative estimate of drug-likeness (QED) is 0.270. The van der Waals surface area contributed by atoms with Crippen molar-refractivity contribution in [1.29, 1.82) is 0 Å². The van der Waals surface area contributed by atoms with Crippen LogP contribution in [0.5, 0.6) is 0 Å². The zero-order valence-electron chi connectivity index (χ0n) is 22.1. The lowest BCUT2D eigenvalue weighted by molar-refractivity contribution is 0.288. The van der Waals surface area contributed by atoms with Crippen LogP contribution in [0.3, 0.4) is 0 Å². The summed E-state index contributed by atoms with van der Waals surface area (Å²) in [5, 5.41) is 14.2. The van der Waals surface area contributed by atoms with Gasteiger partial charge in [0, 0.05) is 37.1 Å². The molecule has 0 aliphatic heterocycles. The molecule has 3 nitrogen and oxygen atoms in total. The van der Waals surface area contributed by atoms with E-state index in [0.717, 1.165) is 32.0 Å². The molecule has 3 N–H and O–H groups in total. The lowest BCUT2D eigenvalue weighted by Crippen LogP contribution is -2.48. The maximum Gasteiger partial charge on any atom is 0.0233 e. The maximum atomic E-state index is 4.04. The SMILES string of the molecule is CNC[C@@H](CC1CCCCC1)NC[C@H](Cc1ccc2ccccc2c1)NCC1(c2ccccc2)CC1. The monoisotopic (exact) mass is 483 g/mol. The van der Waals surface area contributed by atoms with Gasteiger partial charge in [-0.1, -0.05) is 105 Å². The number of rotatable bonds is 13. The van der Waals surface area contributed by atoms with Gasteiger partial charge < -0.3 is 16.0 Å². The van der Waals surface area contributed by atoms with Gasteiger partial charge in [-0.05, 0) is 60.5 Å². The highest BCUT2D eigenvalue weighted by Crippen LogP contribution is 2.47. The lowest BCUT2D eigenvalue weighted by atomic mass is 9.84. The minimum atomic E-state index is 0.329. The molecular weight excluding hydrogens is 438 g/mol. The molecule has 0 amide bonds. The fourth-order valence-electron chi connectivity index (χ4n) is 6.34. The largest absolute Gasteiger partial charge is 0.318 e. The molecule has 3 heteroatoms. The van der Waals surface area contributed by atoms with Gasteiger partial charge >= 0.3 is 0 Å². The topological polar surface area (TPSA) is 36.1 Å². The fourth-order valence-corrected chi connectivity index (χ4v) is 6.34. The average molecular weight is 484 g/mol. The molecule has 0 bridgehead atoms. The van der Waals surface area contributed by atoms with Gasteiger partial charge in [0.05, 0.1) is 0 Å². The Bertz CT molecular complexity index is 1070. The Labute approximate surface area is 218 Å². The minimum Gasteiger partial charge on any atom is -0.318 e. The van der Waals surface area contributed by atoms with E-state index in [1.807, 2.05) is 0 Å². The normalized spacial score (nSPS) is 19.2. The van der Waals surface area contributed by atoms with Gasteiger partial charge in [-0.2, -0.15) is 0 Å². The predicted octanol–water partition coefficient (Wildman–Crippen LogP) is 6.22. The van der Waals surface area contributed by atoms with E-state index >= 15 is 0 Å². The molecule has 2 atom stereocenters. The molecule has 0 radical (unpaired) electrons. The van der Waals surface area contributed by atoms with Crippen LogP contribution in [-0.4, -0.2) is 38.8 Å². The molecule has 2 aliphatic rings. The van der Waals surface area contributed by atoms with Gasteiger partial charge in [-0.3, -0.25) is 0 Å². The first kappa shape index (κ1) is 25.4. The van der Waals surface area contributed by atoms with Gasteiger partial charge in [-0.15, -0.1) is 0 Å². The zero-order valence-corrected chi connectivity index (χ0v) is 22.1. The van der Waals surface area contributed by atoms with E-state index in [1.165, 1.54) is 73.3 Å². The summed E-state index contributed by atoms with van der Waals surface area (Å²) in [6, 6.07) is 27.8. The summed E-state index contributed by atoms with van der Waals surface area (Å²) in [7, 11) is 2.09. The molecule has 3 aromatic rings. The summed E-state index contributed by atoms with van der Waals surface area (Å²) >= 11 is 0. The van der Waals surface area contributed by atoms with Crippen molar-refractivity contribution in [1.82, 2.24) is 16.0 Å². The summed E-state index contributed by atoms with van der Waals surface area (Å²) in [4.78, 5) is 0. The Balaban J connectivity index is 1.26. The van der Waals surface area contributed by atoms with Crippen molar-refractivity contribution in [3.8, 4) is 0 Å². The third-order valence-electron chi connectivity index (χ3n) is 8.71. The molecule has 0 saturated heterocycles. The van der Waals surface area contributed by atoms with E-state index in [9.17, 15) is 0 Å². The first-order chi connectivity index (χ1) is 17.7. The minimum absolute atomic E-state index is 0.329. The van der Waals surface area contributed by atoms with Crippen LogP contribution in [0.4, 0.5) is 0 Å². The third kappa shape index (κ3) is 6.76. The molecule has 0 unspecified atom stereocenters. The molecule has 3 aromatic carbocycles. The second-order valence-electron chi connectivity index (χ2n) is 11.5. The van der Waals surface area contributed by atoms with Crippen molar-refractivity contribution < 1.29 is 0 Å². The van der Waals surface area contributed by atoms with Crippen molar-refractivity contribution in [2.45, 2.75) is 75.3 Å². The molecule has 192 valence electrons. The summed E-state index contributed by atoms with van der Waals surface area (Å²) in [5.74, 6) is 0.893. The van der Waals surface area contributed by atoms with Crippen LogP contribution in [0, 0.1) is 5.92 Å². The summed E-state index contributed by atoms with van der Waals surface area (Å²) < 4.78 is 0. The smallest absolute Gasteiger partial charge is 0.0233 e. The highest BCUT2D eigenvalue weighted by molar-refractivity contribution is 5.83. The van der Waals surface area contributed by atoms with Gasteiger partial charge in [0.15, 0.2) is 0 Å². The van der Waals surface area contributed by atoms with E-state index in [0.29, 0.717) is 17.5 Å². The third-order valence-corrected chi connectivity index (χ3v) is 8.71. The Hall–Kier alpha value is -2.20. The van der Waals surface area contributed by atoms with E-state index in [-0.39, 0.29) is 0 Å². The van der Waals surface area contributed by atoms with Gasteiger partial charge in [0.1, 0.15) is 0 Å². The van der Waals surface area contributed by atoms with E-state index in [2.05, 4.69) is 95.8 Å². The highest BCUT2D eigenvalue weighted by Gasteiger charge is 2.44. The molecule has 36 heavy (non-hydrogen) atoms. The second kappa shape index (κ2) is 12.4. The molecular formula is C33H45N3. The van der Waals surface area contributed by atoms with Gasteiger partial charge in [0.25, 0.3) is 0 Å². The molecule has 2 saturated carbocycles. The van der Waals surface area contributed by atoms with Crippen molar-refractivity contribution in [2.24, 2.45) is 5.92 Å². The number of hydrogen-bond acceptors (Lipinski definition) is 3. The van der Waals surface area contributed by atoms with Crippen LogP contribution in [0.25, 0.3) is 10.8 Å². The van der Waals surface area contributed by atoms with Crippen LogP contribution in [0.1, 0.15) is 62.5 Å². The van der Waals surface area contributed by atoms with Gasteiger partial charge in [-0.25, -0.2) is 0 Å². The summed E-state index contributed by atoms with van der Waals surface area (Å²) in [6.07, 6.45) is 12.1. The van der Waals surface area contributed by atoms with E-state index in [1.54, 1.807) is 0 Å². The second-order valence-corrected chi connectivity index (χ2v) is 11.5. The molecule has 5 rings (SSSR count). The van der Waals surface area contributed by atoms with Crippen molar-refractivity contribution in [3.63, 3.8) is 0 Å². The van der Waals surface area contributed by atoms with Crippen LogP contribution in [0.2, 0.25) is 0 Å². The lowest BCUT2D eigenvalue weighted by Gasteiger charge is -2.30. The summed E-state index contributed by atoms with van der Waals surface area (Å²) in [6.45, 7) is 3.13. The Kier molecular flexibility index (Phi) is 8.74. The summed E-state index contributed by atoms with van der Waals surface area (Å²) in [5.41, 5.74) is 3.25. The zero-order chi connectivity index (χ0) is 24.6. The van der Waals surface area contributed by atoms with Crippen molar-refractivity contribution in [2.75, 3.05) is 26.7 Å². The average Bonchev–Trinajstić information content (AvgIpc) is 3.72. The van der Waals surface area contributed by atoms with Gasteiger partial charge in [0.2, 0.25) is 0 Å². The number of nitrogens with one attached hydrogen (secondary N) is 3.